The highest BCUT2D eigenvalue weighted by atomic mass is 35.5. The molecule has 1 aromatic rings. The summed E-state index contributed by atoms with van der Waals surface area (Å²) in [6, 6.07) is 5.03. The molecule has 16 heavy (non-hydrogen) atoms. The first-order valence-corrected chi connectivity index (χ1v) is 6.40. The minimum atomic E-state index is 0.482. The summed E-state index contributed by atoms with van der Waals surface area (Å²) in [4.78, 5) is 2.43. The summed E-state index contributed by atoms with van der Waals surface area (Å²) in [6.07, 6.45) is 1.07. The van der Waals surface area contributed by atoms with E-state index >= 15 is 0 Å². The molecule has 86 valence electrons. The van der Waals surface area contributed by atoms with E-state index in [0.717, 1.165) is 30.2 Å². The molecule has 0 spiro atoms. The fourth-order valence-electron chi connectivity index (χ4n) is 2.87. The van der Waals surface area contributed by atoms with Crippen molar-refractivity contribution in [3.05, 3.63) is 27.7 Å². The van der Waals surface area contributed by atoms with Crippen LogP contribution in [-0.2, 0) is 6.42 Å². The number of anilines is 1. The number of piperazine rings is 1. The van der Waals surface area contributed by atoms with Crippen LogP contribution in [0, 0.1) is 0 Å². The SMILES string of the molecule is C[C@@H]1CNC[C@H]2Cc3ccc(Cl)c(Cl)c3N21. The van der Waals surface area contributed by atoms with Crippen LogP contribution in [0.4, 0.5) is 5.69 Å². The number of benzene rings is 1. The van der Waals surface area contributed by atoms with Crippen LogP contribution in [0.3, 0.4) is 0 Å². The maximum atomic E-state index is 6.33. The lowest BCUT2D eigenvalue weighted by atomic mass is 10.1. The fraction of sp³-hybridized carbons (Fsp3) is 0.500. The summed E-state index contributed by atoms with van der Waals surface area (Å²) in [7, 11) is 0. The van der Waals surface area contributed by atoms with Crippen LogP contribution in [0.1, 0.15) is 12.5 Å². The van der Waals surface area contributed by atoms with Gasteiger partial charge in [0.1, 0.15) is 0 Å². The lowest BCUT2D eigenvalue weighted by molar-refractivity contribution is 0.430. The van der Waals surface area contributed by atoms with Crippen molar-refractivity contribution in [3.8, 4) is 0 Å². The van der Waals surface area contributed by atoms with Gasteiger partial charge in [0.15, 0.2) is 0 Å². The van der Waals surface area contributed by atoms with Gasteiger partial charge in [0, 0.05) is 25.2 Å². The number of halogens is 2. The highest BCUT2D eigenvalue weighted by molar-refractivity contribution is 6.44. The molecule has 2 aliphatic heterocycles. The van der Waals surface area contributed by atoms with Gasteiger partial charge in [-0.3, -0.25) is 0 Å². The maximum Gasteiger partial charge on any atom is 0.0828 e. The van der Waals surface area contributed by atoms with E-state index in [0.29, 0.717) is 17.1 Å². The lowest BCUT2D eigenvalue weighted by Crippen LogP contribution is -2.54. The molecule has 2 aliphatic rings. The molecule has 2 atom stereocenters. The molecule has 1 fully saturated rings. The zero-order valence-electron chi connectivity index (χ0n) is 9.13. The fourth-order valence-corrected chi connectivity index (χ4v) is 3.30. The second-order valence-corrected chi connectivity index (χ2v) is 5.43. The van der Waals surface area contributed by atoms with Crippen molar-refractivity contribution in [1.29, 1.82) is 0 Å². The first-order chi connectivity index (χ1) is 7.68. The molecule has 0 saturated carbocycles. The molecular weight excluding hydrogens is 243 g/mol. The van der Waals surface area contributed by atoms with E-state index in [-0.39, 0.29) is 0 Å². The highest BCUT2D eigenvalue weighted by Crippen LogP contribution is 2.43. The molecule has 0 unspecified atom stereocenters. The Morgan fingerprint density at radius 1 is 1.31 bits per heavy atom. The predicted molar refractivity (Wildman–Crippen MR) is 68.8 cm³/mol. The maximum absolute atomic E-state index is 6.33. The van der Waals surface area contributed by atoms with Gasteiger partial charge in [-0.05, 0) is 25.0 Å². The first-order valence-electron chi connectivity index (χ1n) is 5.64. The topological polar surface area (TPSA) is 15.3 Å². The van der Waals surface area contributed by atoms with Crippen molar-refractivity contribution < 1.29 is 0 Å². The smallest absolute Gasteiger partial charge is 0.0828 e. The van der Waals surface area contributed by atoms with Crippen molar-refractivity contribution >= 4 is 28.9 Å². The summed E-state index contributed by atoms with van der Waals surface area (Å²) >= 11 is 12.4. The van der Waals surface area contributed by atoms with Gasteiger partial charge >= 0.3 is 0 Å². The molecule has 1 aromatic carbocycles. The quantitative estimate of drug-likeness (QED) is 0.768. The Morgan fingerprint density at radius 3 is 2.94 bits per heavy atom. The lowest BCUT2D eigenvalue weighted by Gasteiger charge is -2.38. The number of nitrogens with zero attached hydrogens (tertiary/aromatic N) is 1. The van der Waals surface area contributed by atoms with Gasteiger partial charge in [-0.2, -0.15) is 0 Å². The monoisotopic (exact) mass is 256 g/mol. The summed E-state index contributed by atoms with van der Waals surface area (Å²) in [5.41, 5.74) is 2.49. The van der Waals surface area contributed by atoms with E-state index in [1.807, 2.05) is 6.07 Å². The summed E-state index contributed by atoms with van der Waals surface area (Å²) in [5.74, 6) is 0. The normalized spacial score (nSPS) is 27.8. The second kappa shape index (κ2) is 3.80. The molecule has 2 nitrogen and oxygen atoms in total. The Bertz CT molecular complexity index is 433. The largest absolute Gasteiger partial charge is 0.361 e. The van der Waals surface area contributed by atoms with Gasteiger partial charge in [-0.25, -0.2) is 0 Å². The van der Waals surface area contributed by atoms with Crippen LogP contribution in [0.5, 0.6) is 0 Å². The van der Waals surface area contributed by atoms with Crippen LogP contribution in [0.25, 0.3) is 0 Å². The molecule has 0 radical (unpaired) electrons. The highest BCUT2D eigenvalue weighted by Gasteiger charge is 2.36. The van der Waals surface area contributed by atoms with Crippen LogP contribution in [-0.4, -0.2) is 25.2 Å². The molecule has 2 heterocycles. The molecule has 0 amide bonds. The number of hydrogen-bond acceptors (Lipinski definition) is 2. The van der Waals surface area contributed by atoms with E-state index in [1.54, 1.807) is 0 Å². The van der Waals surface area contributed by atoms with Crippen LogP contribution < -0.4 is 10.2 Å². The summed E-state index contributed by atoms with van der Waals surface area (Å²) in [6.45, 7) is 4.28. The molecule has 0 aromatic heterocycles. The number of rotatable bonds is 0. The molecule has 1 N–H and O–H groups in total. The van der Waals surface area contributed by atoms with Gasteiger partial charge in [0.05, 0.1) is 15.7 Å². The van der Waals surface area contributed by atoms with Gasteiger partial charge in [0.2, 0.25) is 0 Å². The van der Waals surface area contributed by atoms with Crippen LogP contribution in [0.15, 0.2) is 12.1 Å². The third kappa shape index (κ3) is 1.44. The third-order valence-corrected chi connectivity index (χ3v) is 4.35. The Morgan fingerprint density at radius 2 is 2.12 bits per heavy atom. The van der Waals surface area contributed by atoms with Gasteiger partial charge in [-0.1, -0.05) is 29.3 Å². The van der Waals surface area contributed by atoms with E-state index in [9.17, 15) is 0 Å². The number of fused-ring (bicyclic) bond motifs is 3. The van der Waals surface area contributed by atoms with Crippen molar-refractivity contribution in [2.24, 2.45) is 0 Å². The molecule has 1 saturated heterocycles. The van der Waals surface area contributed by atoms with Crippen LogP contribution >= 0.6 is 23.2 Å². The van der Waals surface area contributed by atoms with Crippen molar-refractivity contribution in [2.45, 2.75) is 25.4 Å². The second-order valence-electron chi connectivity index (χ2n) is 4.64. The van der Waals surface area contributed by atoms with Gasteiger partial charge in [-0.15, -0.1) is 0 Å². The van der Waals surface area contributed by atoms with E-state index in [2.05, 4.69) is 23.2 Å². The summed E-state index contributed by atoms with van der Waals surface area (Å²) in [5, 5.41) is 4.83. The predicted octanol–water partition coefficient (Wildman–Crippen LogP) is 2.72. The van der Waals surface area contributed by atoms with E-state index < -0.39 is 0 Å². The standard InChI is InChI=1S/C12H14Cl2N2/c1-7-5-15-6-9-4-8-2-3-10(13)11(14)12(8)16(7)9/h2-3,7,9,15H,4-6H2,1H3/t7-,9-/m1/s1. The molecular formula is C12H14Cl2N2. The first kappa shape index (κ1) is 10.7. The van der Waals surface area contributed by atoms with E-state index in [4.69, 9.17) is 23.2 Å². The Hall–Kier alpha value is -0.440. The molecule has 0 bridgehead atoms. The zero-order chi connectivity index (χ0) is 11.3. The van der Waals surface area contributed by atoms with Crippen molar-refractivity contribution in [1.82, 2.24) is 5.32 Å². The van der Waals surface area contributed by atoms with Crippen molar-refractivity contribution in [2.75, 3.05) is 18.0 Å². The third-order valence-electron chi connectivity index (χ3n) is 3.55. The van der Waals surface area contributed by atoms with E-state index in [1.165, 1.54) is 5.56 Å². The molecule has 4 heteroatoms. The Balaban J connectivity index is 2.11. The van der Waals surface area contributed by atoms with Gasteiger partial charge in [0.25, 0.3) is 0 Å². The minimum absolute atomic E-state index is 0.482. The summed E-state index contributed by atoms with van der Waals surface area (Å²) < 4.78 is 0. The molecule has 0 aliphatic carbocycles. The van der Waals surface area contributed by atoms with Crippen molar-refractivity contribution in [3.63, 3.8) is 0 Å². The average molecular weight is 257 g/mol. The Labute approximate surface area is 106 Å². The Kier molecular flexibility index (Phi) is 2.54. The van der Waals surface area contributed by atoms with Gasteiger partial charge < -0.3 is 10.2 Å². The van der Waals surface area contributed by atoms with Crippen LogP contribution in [0.2, 0.25) is 10.0 Å². The average Bonchev–Trinajstić information content (AvgIpc) is 2.64. The number of nitrogens with one attached hydrogen (secondary N) is 1. The minimum Gasteiger partial charge on any atom is -0.361 e. The molecule has 3 rings (SSSR count). The zero-order valence-corrected chi connectivity index (χ0v) is 10.6. The number of hydrogen-bond donors (Lipinski definition) is 1.